The molecule has 0 unspecified atom stereocenters. The maximum Gasteiger partial charge on any atom is 0.0991 e. The largest absolute Gasteiger partial charge is 0.310 e. The summed E-state index contributed by atoms with van der Waals surface area (Å²) in [6.45, 7) is 0. The molecule has 0 N–H and O–H groups in total. The maximum atomic E-state index is 9.76. The van der Waals surface area contributed by atoms with Gasteiger partial charge in [-0.2, -0.15) is 5.26 Å². The molecular weight excluding hydrogens is 631 g/mol. The number of hydrogen-bond acceptors (Lipinski definition) is 3. The molecule has 0 fully saturated rings. The lowest BCUT2D eigenvalue weighted by atomic mass is 9.93. The van der Waals surface area contributed by atoms with Crippen LogP contribution in [0.1, 0.15) is 11.1 Å². The van der Waals surface area contributed by atoms with Crippen molar-refractivity contribution < 1.29 is 0 Å². The predicted molar refractivity (Wildman–Crippen MR) is 218 cm³/mol. The highest BCUT2D eigenvalue weighted by Gasteiger charge is 2.23. The third kappa shape index (κ3) is 5.44. The van der Waals surface area contributed by atoms with Crippen molar-refractivity contribution in [3.63, 3.8) is 0 Å². The van der Waals surface area contributed by atoms with Gasteiger partial charge >= 0.3 is 0 Å². The van der Waals surface area contributed by atoms with Crippen LogP contribution in [0.2, 0.25) is 0 Å². The second kappa shape index (κ2) is 13.0. The molecule has 1 aliphatic carbocycles. The lowest BCUT2D eigenvalue weighted by Crippen LogP contribution is -2.10. The molecule has 0 spiro atoms. The number of rotatable bonds is 7. The van der Waals surface area contributed by atoms with Crippen LogP contribution >= 0.6 is 0 Å². The summed E-state index contributed by atoms with van der Waals surface area (Å²) in [5, 5.41) is 12.3. The summed E-state index contributed by atoms with van der Waals surface area (Å²) < 4.78 is 0. The standard InChI is InChI=1S/C49H33N3/c1-51-32-34-12-8-14-36(26-34)39-27-38(35-13-7-11-33(25-35)31-50)29-42(30-39)52(40-16-3-2-4-17-40)41-18-9-15-37(28-41)43-23-24-48-45-20-6-5-19-44(45)47-22-10-21-46(43)49(47)48/h2-30,32H,1H3. The molecule has 0 saturated carbocycles. The van der Waals surface area contributed by atoms with Gasteiger partial charge in [-0.1, -0.05) is 115 Å². The SMILES string of the molecule is CN=Cc1cccc(-c2cc(-c3cccc(C#N)c3)cc(N(c3ccccc3)c3cccc(-c4ccc5c6c(cccc46)-c4ccccc4-5)c3)c2)c1. The number of hydrogen-bond donors (Lipinski definition) is 0. The van der Waals surface area contributed by atoms with Gasteiger partial charge in [0, 0.05) is 30.3 Å². The van der Waals surface area contributed by atoms with E-state index in [1.807, 2.05) is 24.4 Å². The first-order chi connectivity index (χ1) is 25.7. The van der Waals surface area contributed by atoms with Crippen LogP contribution in [0.3, 0.4) is 0 Å². The number of fused-ring (bicyclic) bond motifs is 3. The fourth-order valence-electron chi connectivity index (χ4n) is 7.69. The van der Waals surface area contributed by atoms with Gasteiger partial charge in [-0.15, -0.1) is 0 Å². The normalized spacial score (nSPS) is 11.5. The van der Waals surface area contributed by atoms with Crippen LogP contribution in [0.4, 0.5) is 17.1 Å². The Labute approximate surface area is 304 Å². The highest BCUT2D eigenvalue weighted by atomic mass is 15.1. The van der Waals surface area contributed by atoms with Crippen molar-refractivity contribution in [1.82, 2.24) is 0 Å². The molecule has 0 aliphatic heterocycles. The fraction of sp³-hybridized carbons (Fsp3) is 0.0204. The van der Waals surface area contributed by atoms with Gasteiger partial charge in [-0.25, -0.2) is 0 Å². The quantitative estimate of drug-likeness (QED) is 0.159. The summed E-state index contributed by atoms with van der Waals surface area (Å²) in [5.41, 5.74) is 16.5. The molecule has 1 aliphatic rings. The molecule has 0 aromatic heterocycles. The molecule has 8 aromatic rings. The van der Waals surface area contributed by atoms with Crippen molar-refractivity contribution >= 4 is 34.0 Å². The Morgan fingerprint density at radius 3 is 1.83 bits per heavy atom. The minimum Gasteiger partial charge on any atom is -0.310 e. The van der Waals surface area contributed by atoms with Gasteiger partial charge in [0.15, 0.2) is 0 Å². The van der Waals surface area contributed by atoms with Crippen LogP contribution in [-0.2, 0) is 0 Å². The Morgan fingerprint density at radius 2 is 1.06 bits per heavy atom. The smallest absolute Gasteiger partial charge is 0.0991 e. The molecule has 0 amide bonds. The van der Waals surface area contributed by atoms with E-state index in [2.05, 4.69) is 174 Å². The van der Waals surface area contributed by atoms with Crippen LogP contribution in [0, 0.1) is 11.3 Å². The van der Waals surface area contributed by atoms with Crippen molar-refractivity contribution in [3.05, 3.63) is 187 Å². The van der Waals surface area contributed by atoms with Gasteiger partial charge < -0.3 is 4.90 Å². The van der Waals surface area contributed by atoms with E-state index < -0.39 is 0 Å². The summed E-state index contributed by atoms with van der Waals surface area (Å²) in [4.78, 5) is 6.59. The second-order valence-electron chi connectivity index (χ2n) is 13.1. The molecule has 0 radical (unpaired) electrons. The lowest BCUT2D eigenvalue weighted by Gasteiger charge is -2.27. The zero-order valence-electron chi connectivity index (χ0n) is 28.7. The summed E-state index contributed by atoms with van der Waals surface area (Å²) in [7, 11) is 1.79. The second-order valence-corrected chi connectivity index (χ2v) is 13.1. The average Bonchev–Trinajstić information content (AvgIpc) is 3.53. The zero-order valence-corrected chi connectivity index (χ0v) is 28.7. The number of para-hydroxylation sites is 1. The summed E-state index contributed by atoms with van der Waals surface area (Å²) in [6.07, 6.45) is 1.88. The number of nitriles is 1. The van der Waals surface area contributed by atoms with Gasteiger partial charge in [0.2, 0.25) is 0 Å². The summed E-state index contributed by atoms with van der Waals surface area (Å²) in [6, 6.07) is 64.7. The van der Waals surface area contributed by atoms with E-state index in [1.165, 1.54) is 38.6 Å². The molecule has 8 aromatic carbocycles. The van der Waals surface area contributed by atoms with E-state index in [9.17, 15) is 5.26 Å². The first-order valence-corrected chi connectivity index (χ1v) is 17.5. The van der Waals surface area contributed by atoms with Gasteiger partial charge in [0.25, 0.3) is 0 Å². The molecule has 52 heavy (non-hydrogen) atoms. The van der Waals surface area contributed by atoms with Crippen molar-refractivity contribution in [1.29, 1.82) is 5.26 Å². The molecule has 0 saturated heterocycles. The lowest BCUT2D eigenvalue weighted by molar-refractivity contribution is 1.28. The van der Waals surface area contributed by atoms with E-state index in [0.29, 0.717) is 5.56 Å². The van der Waals surface area contributed by atoms with Gasteiger partial charge in [-0.3, -0.25) is 4.99 Å². The molecule has 9 rings (SSSR count). The van der Waals surface area contributed by atoms with Crippen molar-refractivity contribution in [2.75, 3.05) is 11.9 Å². The molecule has 0 heterocycles. The summed E-state index contributed by atoms with van der Waals surface area (Å²) in [5.74, 6) is 0. The van der Waals surface area contributed by atoms with Crippen LogP contribution in [0.5, 0.6) is 0 Å². The molecule has 3 heteroatoms. The van der Waals surface area contributed by atoms with Crippen LogP contribution < -0.4 is 4.90 Å². The molecule has 3 nitrogen and oxygen atoms in total. The highest BCUT2D eigenvalue weighted by molar-refractivity contribution is 6.18. The number of benzene rings is 8. The van der Waals surface area contributed by atoms with E-state index in [4.69, 9.17) is 0 Å². The third-order valence-electron chi connectivity index (χ3n) is 9.98. The molecule has 244 valence electrons. The number of nitrogens with zero attached hydrogens (tertiary/aromatic N) is 3. The Bertz CT molecular complexity index is 2690. The first-order valence-electron chi connectivity index (χ1n) is 17.5. The van der Waals surface area contributed by atoms with E-state index in [1.54, 1.807) is 7.05 Å². The molecule has 0 bridgehead atoms. The molecular formula is C49H33N3. The van der Waals surface area contributed by atoms with Crippen molar-refractivity contribution in [2.45, 2.75) is 0 Å². The van der Waals surface area contributed by atoms with E-state index >= 15 is 0 Å². The van der Waals surface area contributed by atoms with Gasteiger partial charge in [0.05, 0.1) is 11.6 Å². The zero-order chi connectivity index (χ0) is 35.0. The van der Waals surface area contributed by atoms with Crippen LogP contribution in [0.25, 0.3) is 66.4 Å². The Hall–Kier alpha value is -7.02. The highest BCUT2D eigenvalue weighted by Crippen LogP contribution is 2.49. The van der Waals surface area contributed by atoms with Crippen molar-refractivity contribution in [3.8, 4) is 61.7 Å². The molecule has 0 atom stereocenters. The third-order valence-corrected chi connectivity index (χ3v) is 9.98. The Morgan fingerprint density at radius 1 is 0.462 bits per heavy atom. The average molecular weight is 664 g/mol. The maximum absolute atomic E-state index is 9.76. The monoisotopic (exact) mass is 663 g/mol. The summed E-state index contributed by atoms with van der Waals surface area (Å²) >= 11 is 0. The minimum absolute atomic E-state index is 0.631. The van der Waals surface area contributed by atoms with E-state index in [0.717, 1.165) is 50.4 Å². The van der Waals surface area contributed by atoms with Crippen molar-refractivity contribution in [2.24, 2.45) is 4.99 Å². The number of aliphatic imine (C=N–C) groups is 1. The van der Waals surface area contributed by atoms with Crippen LogP contribution in [-0.4, -0.2) is 13.3 Å². The fourth-order valence-corrected chi connectivity index (χ4v) is 7.69. The van der Waals surface area contributed by atoms with Crippen LogP contribution in [0.15, 0.2) is 181 Å². The van der Waals surface area contributed by atoms with Gasteiger partial charge in [-0.05, 0) is 133 Å². The van der Waals surface area contributed by atoms with E-state index in [-0.39, 0.29) is 0 Å². The first kappa shape index (κ1) is 31.0. The topological polar surface area (TPSA) is 39.4 Å². The predicted octanol–water partition coefficient (Wildman–Crippen LogP) is 12.9. The number of anilines is 3. The van der Waals surface area contributed by atoms with Gasteiger partial charge in [0.1, 0.15) is 0 Å². The minimum atomic E-state index is 0.631. The Kier molecular flexibility index (Phi) is 7.76. The Balaban J connectivity index is 1.24.